The molecular formula is C24H28FN3O2. The number of hydrogen-bond acceptors (Lipinski definition) is 3. The fourth-order valence-electron chi connectivity index (χ4n) is 5.15. The molecule has 2 aromatic carbocycles. The van der Waals surface area contributed by atoms with E-state index < -0.39 is 0 Å². The summed E-state index contributed by atoms with van der Waals surface area (Å²) in [6.45, 7) is 3.17. The third-order valence-corrected chi connectivity index (χ3v) is 6.56. The van der Waals surface area contributed by atoms with Gasteiger partial charge in [-0.3, -0.25) is 14.5 Å². The molecule has 0 saturated carbocycles. The Morgan fingerprint density at radius 3 is 2.53 bits per heavy atom. The number of likely N-dealkylation sites (tertiary alicyclic amines) is 2. The van der Waals surface area contributed by atoms with Crippen LogP contribution in [0.5, 0.6) is 0 Å². The standard InChI is InChI=1S/C24H28FN3O2/c25-21-8-4-7-19(11-21)12-23(30)28-14-20-13-27(15-22(26)29)16-24(20,17-28)10-9-18-5-2-1-3-6-18/h1-8,11,20H,9-10,12-17H2,(H2,26,29)/t20-,24+/m0/s1. The number of nitrogens with zero attached hydrogens (tertiary/aromatic N) is 2. The van der Waals surface area contributed by atoms with Crippen LogP contribution >= 0.6 is 0 Å². The molecule has 2 saturated heterocycles. The second-order valence-electron chi connectivity index (χ2n) is 8.76. The quantitative estimate of drug-likeness (QED) is 0.763. The van der Waals surface area contributed by atoms with Gasteiger partial charge in [0.25, 0.3) is 0 Å². The van der Waals surface area contributed by atoms with Crippen molar-refractivity contribution < 1.29 is 14.0 Å². The first kappa shape index (κ1) is 20.5. The lowest BCUT2D eigenvalue weighted by molar-refractivity contribution is -0.130. The van der Waals surface area contributed by atoms with E-state index >= 15 is 0 Å². The number of rotatable bonds is 7. The lowest BCUT2D eigenvalue weighted by Crippen LogP contribution is -2.40. The van der Waals surface area contributed by atoms with Crippen molar-refractivity contribution in [3.8, 4) is 0 Å². The highest BCUT2D eigenvalue weighted by Gasteiger charge is 2.52. The SMILES string of the molecule is NC(=O)CN1C[C@H]2CN(C(=O)Cc3cccc(F)c3)C[C@@]2(CCc2ccccc2)C1. The van der Waals surface area contributed by atoms with Crippen molar-refractivity contribution in [3.05, 3.63) is 71.5 Å². The van der Waals surface area contributed by atoms with E-state index in [1.54, 1.807) is 12.1 Å². The van der Waals surface area contributed by atoms with Gasteiger partial charge in [0.2, 0.25) is 11.8 Å². The molecule has 30 heavy (non-hydrogen) atoms. The number of nitrogens with two attached hydrogens (primary N) is 1. The Hall–Kier alpha value is -2.73. The number of halogens is 1. The number of carbonyl (C=O) groups is 2. The minimum Gasteiger partial charge on any atom is -0.369 e. The van der Waals surface area contributed by atoms with E-state index in [-0.39, 0.29) is 36.0 Å². The van der Waals surface area contributed by atoms with Crippen LogP contribution in [0, 0.1) is 17.2 Å². The third-order valence-electron chi connectivity index (χ3n) is 6.56. The predicted octanol–water partition coefficient (Wildman–Crippen LogP) is 2.25. The summed E-state index contributed by atoms with van der Waals surface area (Å²) in [6.07, 6.45) is 2.11. The molecule has 0 aromatic heterocycles. The Labute approximate surface area is 176 Å². The van der Waals surface area contributed by atoms with Crippen molar-refractivity contribution in [3.63, 3.8) is 0 Å². The number of hydrogen-bond donors (Lipinski definition) is 1. The first-order chi connectivity index (χ1) is 14.4. The number of fused-ring (bicyclic) bond motifs is 1. The van der Waals surface area contributed by atoms with Crippen molar-refractivity contribution in [2.75, 3.05) is 32.7 Å². The molecule has 2 atom stereocenters. The number of primary amides is 1. The van der Waals surface area contributed by atoms with Crippen LogP contribution in [-0.2, 0) is 22.4 Å². The molecule has 0 bridgehead atoms. The van der Waals surface area contributed by atoms with Gasteiger partial charge in [-0.15, -0.1) is 0 Å². The lowest BCUT2D eigenvalue weighted by Gasteiger charge is -2.29. The lowest BCUT2D eigenvalue weighted by atomic mass is 9.76. The van der Waals surface area contributed by atoms with Gasteiger partial charge in [-0.05, 0) is 42.0 Å². The normalized spacial score (nSPS) is 23.5. The summed E-state index contributed by atoms with van der Waals surface area (Å²) in [5.41, 5.74) is 7.37. The Morgan fingerprint density at radius 2 is 1.80 bits per heavy atom. The second-order valence-corrected chi connectivity index (χ2v) is 8.76. The summed E-state index contributed by atoms with van der Waals surface area (Å²) in [6, 6.07) is 16.6. The maximum Gasteiger partial charge on any atom is 0.231 e. The van der Waals surface area contributed by atoms with Gasteiger partial charge < -0.3 is 10.6 Å². The molecule has 2 aliphatic rings. The molecule has 5 nitrogen and oxygen atoms in total. The summed E-state index contributed by atoms with van der Waals surface area (Å²) in [5, 5.41) is 0. The zero-order chi connectivity index (χ0) is 21.1. The largest absolute Gasteiger partial charge is 0.369 e. The molecule has 2 N–H and O–H groups in total. The van der Waals surface area contributed by atoms with Gasteiger partial charge in [0, 0.05) is 31.6 Å². The number of benzene rings is 2. The van der Waals surface area contributed by atoms with Gasteiger partial charge in [-0.2, -0.15) is 0 Å². The zero-order valence-corrected chi connectivity index (χ0v) is 17.1. The Kier molecular flexibility index (Phi) is 5.86. The molecule has 2 fully saturated rings. The fourth-order valence-corrected chi connectivity index (χ4v) is 5.15. The van der Waals surface area contributed by atoms with Crippen molar-refractivity contribution in [2.45, 2.75) is 19.3 Å². The van der Waals surface area contributed by atoms with E-state index in [0.717, 1.165) is 25.9 Å². The van der Waals surface area contributed by atoms with Gasteiger partial charge in [-0.1, -0.05) is 42.5 Å². The van der Waals surface area contributed by atoms with Crippen LogP contribution in [0.25, 0.3) is 0 Å². The second kappa shape index (κ2) is 8.56. The molecule has 0 radical (unpaired) electrons. The molecular weight excluding hydrogens is 381 g/mol. The van der Waals surface area contributed by atoms with E-state index in [1.165, 1.54) is 17.7 Å². The van der Waals surface area contributed by atoms with Crippen molar-refractivity contribution >= 4 is 11.8 Å². The highest BCUT2D eigenvalue weighted by molar-refractivity contribution is 5.79. The van der Waals surface area contributed by atoms with Crippen molar-refractivity contribution in [2.24, 2.45) is 17.1 Å². The zero-order valence-electron chi connectivity index (χ0n) is 17.1. The van der Waals surface area contributed by atoms with E-state index in [0.29, 0.717) is 24.6 Å². The monoisotopic (exact) mass is 409 g/mol. The topological polar surface area (TPSA) is 66.6 Å². The summed E-state index contributed by atoms with van der Waals surface area (Å²) < 4.78 is 13.5. The average molecular weight is 410 g/mol. The molecule has 2 amide bonds. The number of aryl methyl sites for hydroxylation is 1. The maximum atomic E-state index is 13.5. The van der Waals surface area contributed by atoms with Crippen LogP contribution in [0.4, 0.5) is 4.39 Å². The highest BCUT2D eigenvalue weighted by atomic mass is 19.1. The van der Waals surface area contributed by atoms with Gasteiger partial charge in [-0.25, -0.2) is 4.39 Å². The van der Waals surface area contributed by atoms with Crippen molar-refractivity contribution in [1.82, 2.24) is 9.80 Å². The molecule has 0 unspecified atom stereocenters. The van der Waals surface area contributed by atoms with Gasteiger partial charge >= 0.3 is 0 Å². The molecule has 158 valence electrons. The van der Waals surface area contributed by atoms with Gasteiger partial charge in [0.1, 0.15) is 5.82 Å². The van der Waals surface area contributed by atoms with E-state index in [2.05, 4.69) is 17.0 Å². The summed E-state index contributed by atoms with van der Waals surface area (Å²) in [5.74, 6) is -0.278. The highest BCUT2D eigenvalue weighted by Crippen LogP contribution is 2.45. The Balaban J connectivity index is 1.47. The van der Waals surface area contributed by atoms with Crippen LogP contribution in [0.1, 0.15) is 17.5 Å². The summed E-state index contributed by atoms with van der Waals surface area (Å²) in [7, 11) is 0. The van der Waals surface area contributed by atoms with Crippen LogP contribution in [0.3, 0.4) is 0 Å². The Bertz CT molecular complexity index is 920. The van der Waals surface area contributed by atoms with Crippen LogP contribution in [0.2, 0.25) is 0 Å². The van der Waals surface area contributed by atoms with E-state index in [9.17, 15) is 14.0 Å². The molecule has 4 rings (SSSR count). The Morgan fingerprint density at radius 1 is 1.03 bits per heavy atom. The summed E-state index contributed by atoms with van der Waals surface area (Å²) >= 11 is 0. The van der Waals surface area contributed by atoms with Gasteiger partial charge in [0.15, 0.2) is 0 Å². The molecule has 2 heterocycles. The minimum absolute atomic E-state index is 0.0375. The maximum absolute atomic E-state index is 13.5. The first-order valence-electron chi connectivity index (χ1n) is 10.5. The molecule has 6 heteroatoms. The minimum atomic E-state index is -0.319. The number of carbonyl (C=O) groups excluding carboxylic acids is 2. The van der Waals surface area contributed by atoms with E-state index in [1.807, 2.05) is 23.1 Å². The average Bonchev–Trinajstić information content (AvgIpc) is 3.20. The smallest absolute Gasteiger partial charge is 0.231 e. The molecule has 2 aromatic rings. The van der Waals surface area contributed by atoms with Crippen molar-refractivity contribution in [1.29, 1.82) is 0 Å². The van der Waals surface area contributed by atoms with Crippen LogP contribution < -0.4 is 5.73 Å². The summed E-state index contributed by atoms with van der Waals surface area (Å²) in [4.78, 5) is 28.5. The predicted molar refractivity (Wildman–Crippen MR) is 113 cm³/mol. The van der Waals surface area contributed by atoms with Crippen LogP contribution in [0.15, 0.2) is 54.6 Å². The first-order valence-corrected chi connectivity index (χ1v) is 10.5. The van der Waals surface area contributed by atoms with E-state index in [4.69, 9.17) is 5.73 Å². The molecule has 0 spiro atoms. The third kappa shape index (κ3) is 4.54. The molecule has 0 aliphatic carbocycles. The fraction of sp³-hybridized carbons (Fsp3) is 0.417. The van der Waals surface area contributed by atoms with Gasteiger partial charge in [0.05, 0.1) is 13.0 Å². The van der Waals surface area contributed by atoms with Crippen LogP contribution in [-0.4, -0.2) is 54.3 Å². The number of amides is 2. The molecule has 2 aliphatic heterocycles.